The van der Waals surface area contributed by atoms with Crippen LogP contribution in [0.15, 0.2) is 4.99 Å². The Morgan fingerprint density at radius 3 is 2.00 bits per heavy atom. The lowest BCUT2D eigenvalue weighted by molar-refractivity contribution is -0.300. The summed E-state index contributed by atoms with van der Waals surface area (Å²) < 4.78 is 75.5. The lowest BCUT2D eigenvalue weighted by atomic mass is 10.1. The highest BCUT2D eigenvalue weighted by atomic mass is 32.2. The van der Waals surface area contributed by atoms with Gasteiger partial charge in [0, 0.05) is 0 Å². The van der Waals surface area contributed by atoms with E-state index >= 15 is 0 Å². The third-order valence-electron chi connectivity index (χ3n) is 1.80. The molecule has 0 saturated carbocycles. The van der Waals surface area contributed by atoms with Gasteiger partial charge in [-0.15, -0.1) is 0 Å². The van der Waals surface area contributed by atoms with Gasteiger partial charge in [0.25, 0.3) is 0 Å². The van der Waals surface area contributed by atoms with E-state index in [1.807, 2.05) is 0 Å². The zero-order valence-corrected chi connectivity index (χ0v) is 9.66. The predicted molar refractivity (Wildman–Crippen MR) is 54.7 cm³/mol. The lowest BCUT2D eigenvalue weighted by Crippen LogP contribution is -2.70. The van der Waals surface area contributed by atoms with Gasteiger partial charge >= 0.3 is 18.0 Å². The van der Waals surface area contributed by atoms with Crippen molar-refractivity contribution in [2.24, 2.45) is 4.99 Å². The van der Waals surface area contributed by atoms with Gasteiger partial charge in [-0.2, -0.15) is 26.3 Å². The molecule has 1 heterocycles. The van der Waals surface area contributed by atoms with Crippen molar-refractivity contribution in [3.63, 3.8) is 0 Å². The number of aliphatic imine (C=N–C) groups is 1. The minimum absolute atomic E-state index is 0.552. The molecule has 0 aromatic carbocycles. The molecule has 0 unspecified atom stereocenters. The Morgan fingerprint density at radius 1 is 1.18 bits per heavy atom. The van der Waals surface area contributed by atoms with Crippen molar-refractivity contribution in [2.75, 3.05) is 6.26 Å². The third kappa shape index (κ3) is 2.44. The molecule has 0 aromatic rings. The number of rotatable bonds is 0. The van der Waals surface area contributed by atoms with Gasteiger partial charge in [0.15, 0.2) is 10.3 Å². The van der Waals surface area contributed by atoms with E-state index in [1.165, 1.54) is 6.26 Å². The number of thioether (sulfide) groups is 1. The molecule has 2 N–H and O–H groups in total. The maximum absolute atomic E-state index is 12.6. The molecule has 0 saturated heterocycles. The molecule has 11 heteroatoms. The molecule has 0 radical (unpaired) electrons. The second-order valence-electron chi connectivity index (χ2n) is 2.91. The fourth-order valence-corrected chi connectivity index (χ4v) is 1.77. The third-order valence-corrected chi connectivity index (χ3v) is 2.58. The van der Waals surface area contributed by atoms with Gasteiger partial charge in [-0.1, -0.05) is 11.8 Å². The van der Waals surface area contributed by atoms with Crippen molar-refractivity contribution in [1.82, 2.24) is 10.6 Å². The average molecular weight is 297 g/mol. The highest BCUT2D eigenvalue weighted by Crippen LogP contribution is 2.45. The monoisotopic (exact) mass is 297 g/mol. The number of hydrogen-bond acceptors (Lipinski definition) is 3. The summed E-state index contributed by atoms with van der Waals surface area (Å²) in [5.41, 5.74) is -4.39. The zero-order chi connectivity index (χ0) is 13.5. The van der Waals surface area contributed by atoms with Crippen molar-refractivity contribution < 1.29 is 26.3 Å². The van der Waals surface area contributed by atoms with Gasteiger partial charge in [0.2, 0.25) is 0 Å². The van der Waals surface area contributed by atoms with Crippen LogP contribution in [-0.4, -0.2) is 34.6 Å². The van der Waals surface area contributed by atoms with E-state index in [0.717, 1.165) is 5.32 Å². The summed E-state index contributed by atoms with van der Waals surface area (Å²) in [6, 6.07) is 0. The number of hydrogen-bond donors (Lipinski definition) is 2. The molecule has 98 valence electrons. The fraction of sp³-hybridized carbons (Fsp3) is 0.667. The number of nitrogens with one attached hydrogen (secondary N) is 2. The van der Waals surface area contributed by atoms with E-state index in [9.17, 15) is 26.3 Å². The molecule has 0 spiro atoms. The first-order valence-corrected chi connectivity index (χ1v) is 5.53. The van der Waals surface area contributed by atoms with Crippen LogP contribution in [0.2, 0.25) is 0 Å². The smallest absolute Gasteiger partial charge is 0.323 e. The Balaban J connectivity index is 3.39. The molecule has 0 atom stereocenters. The van der Waals surface area contributed by atoms with Crippen LogP contribution in [0.1, 0.15) is 0 Å². The van der Waals surface area contributed by atoms with Crippen molar-refractivity contribution in [3.8, 4) is 0 Å². The van der Waals surface area contributed by atoms with Gasteiger partial charge < -0.3 is 10.6 Å². The highest BCUT2D eigenvalue weighted by molar-refractivity contribution is 8.13. The minimum atomic E-state index is -5.65. The summed E-state index contributed by atoms with van der Waals surface area (Å²) in [6.45, 7) is 0. The first-order chi connectivity index (χ1) is 7.53. The van der Waals surface area contributed by atoms with Crippen LogP contribution in [0, 0.1) is 0 Å². The van der Waals surface area contributed by atoms with Crippen LogP contribution in [-0.2, 0) is 0 Å². The van der Waals surface area contributed by atoms with E-state index in [4.69, 9.17) is 0 Å². The van der Waals surface area contributed by atoms with Crippen LogP contribution < -0.4 is 10.6 Å². The molecule has 0 amide bonds. The van der Waals surface area contributed by atoms with Crippen molar-refractivity contribution >= 4 is 34.3 Å². The number of alkyl halides is 6. The van der Waals surface area contributed by atoms with Crippen molar-refractivity contribution in [3.05, 3.63) is 0 Å². The standard InChI is InChI=1S/C6H5F6N3S2/c1-17-3-13-2(16)14-4(15-3,5(7,8)9)6(10,11)12/h1H3,(H2,13,14,15,16). The van der Waals surface area contributed by atoms with Gasteiger partial charge in [-0.05, 0) is 18.5 Å². The maximum atomic E-state index is 12.6. The van der Waals surface area contributed by atoms with Crippen molar-refractivity contribution in [1.29, 1.82) is 0 Å². The van der Waals surface area contributed by atoms with Crippen molar-refractivity contribution in [2.45, 2.75) is 18.0 Å². The molecule has 0 fully saturated rings. The summed E-state index contributed by atoms with van der Waals surface area (Å²) in [5.74, 6) is 0. The Hall–Kier alpha value is -0.710. The molecule has 0 aromatic heterocycles. The molecule has 1 rings (SSSR count). The average Bonchev–Trinajstić information content (AvgIpc) is 2.13. The highest BCUT2D eigenvalue weighted by Gasteiger charge is 2.73. The summed E-state index contributed by atoms with van der Waals surface area (Å²) in [4.78, 5) is 2.64. The Bertz CT molecular complexity index is 346. The number of halogens is 6. The first-order valence-electron chi connectivity index (χ1n) is 3.90. The van der Waals surface area contributed by atoms with E-state index in [-0.39, 0.29) is 0 Å². The maximum Gasteiger partial charge on any atom is 0.441 e. The van der Waals surface area contributed by atoms with E-state index in [1.54, 1.807) is 0 Å². The van der Waals surface area contributed by atoms with E-state index in [0.29, 0.717) is 11.8 Å². The second kappa shape index (κ2) is 4.19. The van der Waals surface area contributed by atoms with Crippen LogP contribution in [0.25, 0.3) is 0 Å². The molecule has 17 heavy (non-hydrogen) atoms. The van der Waals surface area contributed by atoms with E-state index < -0.39 is 28.3 Å². The summed E-state index contributed by atoms with van der Waals surface area (Å²) in [6.07, 6.45) is -10.0. The summed E-state index contributed by atoms with van der Waals surface area (Å²) in [5, 5.41) is 1.91. The summed E-state index contributed by atoms with van der Waals surface area (Å²) in [7, 11) is 0. The van der Waals surface area contributed by atoms with E-state index in [2.05, 4.69) is 22.5 Å². The van der Waals surface area contributed by atoms with Gasteiger partial charge in [0.05, 0.1) is 0 Å². The predicted octanol–water partition coefficient (Wildman–Crippen LogP) is 2.00. The lowest BCUT2D eigenvalue weighted by Gasteiger charge is -2.38. The number of nitrogens with zero attached hydrogens (tertiary/aromatic N) is 1. The fourth-order valence-electron chi connectivity index (χ4n) is 1.03. The Labute approximate surface area is 101 Å². The Kier molecular flexibility index (Phi) is 3.54. The van der Waals surface area contributed by atoms with Crippen LogP contribution in [0.5, 0.6) is 0 Å². The summed E-state index contributed by atoms with van der Waals surface area (Å²) >= 11 is 4.91. The molecule has 0 aliphatic carbocycles. The Morgan fingerprint density at radius 2 is 1.65 bits per heavy atom. The van der Waals surface area contributed by atoms with Gasteiger partial charge in [-0.3, -0.25) is 0 Å². The topological polar surface area (TPSA) is 36.4 Å². The first kappa shape index (κ1) is 14.4. The molecule has 3 nitrogen and oxygen atoms in total. The normalized spacial score (nSPS) is 20.4. The minimum Gasteiger partial charge on any atom is -0.323 e. The molecule has 1 aliphatic rings. The second-order valence-corrected chi connectivity index (χ2v) is 4.11. The van der Waals surface area contributed by atoms with Gasteiger partial charge in [-0.25, -0.2) is 4.99 Å². The van der Waals surface area contributed by atoms with Crippen LogP contribution in [0.3, 0.4) is 0 Å². The molecule has 1 aliphatic heterocycles. The quantitative estimate of drug-likeness (QED) is 0.530. The zero-order valence-electron chi connectivity index (χ0n) is 8.03. The van der Waals surface area contributed by atoms with Crippen LogP contribution >= 0.6 is 24.0 Å². The molecular formula is C6H5F6N3S2. The number of thiocarbonyl (C=S) groups is 1. The van der Waals surface area contributed by atoms with Crippen LogP contribution in [0.4, 0.5) is 26.3 Å². The SMILES string of the molecule is CSC1=NC(C(F)(F)F)(C(F)(F)F)NC(=S)N1. The largest absolute Gasteiger partial charge is 0.441 e. The van der Waals surface area contributed by atoms with Gasteiger partial charge in [0.1, 0.15) is 0 Å². The molecular weight excluding hydrogens is 292 g/mol. The number of amidine groups is 1. The molecule has 0 bridgehead atoms.